The van der Waals surface area contributed by atoms with Crippen LogP contribution in [-0.4, -0.2) is 40.3 Å². The number of methoxy groups -OCH3 is 1. The van der Waals surface area contributed by atoms with Crippen LogP contribution in [-0.2, 0) is 17.6 Å². The number of rotatable bonds is 6. The van der Waals surface area contributed by atoms with E-state index >= 15 is 0 Å². The molecule has 2 unspecified atom stereocenters. The van der Waals surface area contributed by atoms with Crippen molar-refractivity contribution >= 4 is 5.91 Å². The summed E-state index contributed by atoms with van der Waals surface area (Å²) >= 11 is 0. The number of hydrogen-bond acceptors (Lipinski definition) is 5. The Kier molecular flexibility index (Phi) is 6.02. The third-order valence-corrected chi connectivity index (χ3v) is 5.78. The van der Waals surface area contributed by atoms with Crippen molar-refractivity contribution in [1.29, 1.82) is 0 Å². The highest BCUT2D eigenvalue weighted by Gasteiger charge is 2.26. The number of amides is 1. The highest BCUT2D eigenvalue weighted by molar-refractivity contribution is 5.93. The van der Waals surface area contributed by atoms with Gasteiger partial charge in [-0.3, -0.25) is 4.79 Å². The number of primary amides is 1. The van der Waals surface area contributed by atoms with Gasteiger partial charge in [0.15, 0.2) is 0 Å². The summed E-state index contributed by atoms with van der Waals surface area (Å²) in [5, 5.41) is 9.73. The van der Waals surface area contributed by atoms with E-state index in [9.17, 15) is 9.90 Å². The van der Waals surface area contributed by atoms with E-state index in [0.717, 1.165) is 62.9 Å². The summed E-state index contributed by atoms with van der Waals surface area (Å²) < 4.78 is 5.43. The van der Waals surface area contributed by atoms with Crippen LogP contribution in [0.3, 0.4) is 0 Å². The van der Waals surface area contributed by atoms with Crippen molar-refractivity contribution in [3.63, 3.8) is 0 Å². The smallest absolute Gasteiger partial charge is 0.252 e. The lowest BCUT2D eigenvalue weighted by Gasteiger charge is -2.27. The van der Waals surface area contributed by atoms with Crippen LogP contribution in [0.4, 0.5) is 0 Å². The Bertz CT molecular complexity index is 600. The largest absolute Gasteiger partial charge is 0.393 e. The molecule has 0 spiro atoms. The van der Waals surface area contributed by atoms with Gasteiger partial charge in [0.1, 0.15) is 5.82 Å². The van der Waals surface area contributed by atoms with Gasteiger partial charge in [0.2, 0.25) is 0 Å². The molecule has 138 valence electrons. The van der Waals surface area contributed by atoms with Crippen molar-refractivity contribution in [1.82, 2.24) is 9.97 Å². The molecule has 25 heavy (non-hydrogen) atoms. The molecule has 2 saturated carbocycles. The molecule has 2 atom stereocenters. The van der Waals surface area contributed by atoms with Crippen molar-refractivity contribution in [2.75, 3.05) is 7.11 Å². The van der Waals surface area contributed by atoms with Crippen LogP contribution >= 0.6 is 0 Å². The lowest BCUT2D eigenvalue weighted by Crippen LogP contribution is -2.23. The third-order valence-electron chi connectivity index (χ3n) is 5.78. The number of aliphatic hydroxyl groups excluding tert-OH is 1. The number of nitrogens with zero attached hydrogens (tertiary/aromatic N) is 2. The normalized spacial score (nSPS) is 29.7. The van der Waals surface area contributed by atoms with Crippen LogP contribution in [0.1, 0.15) is 66.8 Å². The molecule has 1 heterocycles. The first-order valence-corrected chi connectivity index (χ1v) is 9.40. The fraction of sp³-hybridized carbons (Fsp3) is 0.737. The van der Waals surface area contributed by atoms with Gasteiger partial charge in [0, 0.05) is 19.7 Å². The standard InChI is InChI=1S/C19H29N3O3/c1-25-15-6-3-12(4-7-15)10-18-21-11-16(19(20)24)17(22-18)9-13-2-5-14(23)8-13/h11-15,23H,2-10H2,1H3,(H2,20,24). The molecule has 0 aromatic carbocycles. The molecule has 3 rings (SSSR count). The second kappa shape index (κ2) is 8.23. The number of carbonyl (C=O) groups is 1. The molecule has 3 N–H and O–H groups in total. The topological polar surface area (TPSA) is 98.3 Å². The molecule has 1 aromatic heterocycles. The molecule has 2 fully saturated rings. The summed E-state index contributed by atoms with van der Waals surface area (Å²) in [4.78, 5) is 20.8. The SMILES string of the molecule is COC1CCC(Cc2ncc(C(N)=O)c(CC3CCC(O)C3)n2)CC1. The van der Waals surface area contributed by atoms with Gasteiger partial charge >= 0.3 is 0 Å². The highest BCUT2D eigenvalue weighted by atomic mass is 16.5. The van der Waals surface area contributed by atoms with E-state index in [1.807, 2.05) is 0 Å². The molecule has 0 aliphatic heterocycles. The Morgan fingerprint density at radius 2 is 1.92 bits per heavy atom. The maximum atomic E-state index is 11.7. The fourth-order valence-corrected chi connectivity index (χ4v) is 4.26. The summed E-state index contributed by atoms with van der Waals surface area (Å²) in [6.07, 6.45) is 10.3. The maximum Gasteiger partial charge on any atom is 0.252 e. The van der Waals surface area contributed by atoms with Gasteiger partial charge < -0.3 is 15.6 Å². The van der Waals surface area contributed by atoms with Crippen LogP contribution in [0.2, 0.25) is 0 Å². The lowest BCUT2D eigenvalue weighted by molar-refractivity contribution is 0.0565. The van der Waals surface area contributed by atoms with Crippen LogP contribution in [0.15, 0.2) is 6.20 Å². The molecule has 6 heteroatoms. The van der Waals surface area contributed by atoms with Gasteiger partial charge in [0.05, 0.1) is 23.5 Å². The van der Waals surface area contributed by atoms with Crippen LogP contribution < -0.4 is 5.73 Å². The predicted molar refractivity (Wildman–Crippen MR) is 94.1 cm³/mol. The second-order valence-corrected chi connectivity index (χ2v) is 7.63. The van der Waals surface area contributed by atoms with E-state index in [1.165, 1.54) is 0 Å². The van der Waals surface area contributed by atoms with Crippen LogP contribution in [0, 0.1) is 11.8 Å². The van der Waals surface area contributed by atoms with Gasteiger partial charge in [-0.1, -0.05) is 0 Å². The predicted octanol–water partition coefficient (Wildman–Crippen LogP) is 2.03. The van der Waals surface area contributed by atoms with E-state index in [1.54, 1.807) is 13.3 Å². The average molecular weight is 347 g/mol. The average Bonchev–Trinajstić information content (AvgIpc) is 3.00. The first-order valence-electron chi connectivity index (χ1n) is 9.40. The molecule has 0 saturated heterocycles. The molecule has 0 bridgehead atoms. The molecular weight excluding hydrogens is 318 g/mol. The highest BCUT2D eigenvalue weighted by Crippen LogP contribution is 2.30. The number of aromatic nitrogens is 2. The van der Waals surface area contributed by atoms with Crippen molar-refractivity contribution in [3.8, 4) is 0 Å². The minimum atomic E-state index is -0.472. The number of hydrogen-bond donors (Lipinski definition) is 2. The van der Waals surface area contributed by atoms with Crippen molar-refractivity contribution < 1.29 is 14.6 Å². The van der Waals surface area contributed by atoms with Gasteiger partial charge in [-0.25, -0.2) is 9.97 Å². The summed E-state index contributed by atoms with van der Waals surface area (Å²) in [6.45, 7) is 0. The zero-order valence-electron chi connectivity index (χ0n) is 15.0. The van der Waals surface area contributed by atoms with Crippen molar-refractivity contribution in [2.45, 2.75) is 70.0 Å². The number of nitrogens with two attached hydrogens (primary N) is 1. The van der Waals surface area contributed by atoms with E-state index < -0.39 is 5.91 Å². The Balaban J connectivity index is 1.68. The molecule has 0 radical (unpaired) electrons. The zero-order valence-corrected chi connectivity index (χ0v) is 15.0. The molecule has 2 aliphatic carbocycles. The number of ether oxygens (including phenoxy) is 1. The first-order chi connectivity index (χ1) is 12.0. The maximum absolute atomic E-state index is 11.7. The van der Waals surface area contributed by atoms with Crippen LogP contribution in [0.5, 0.6) is 0 Å². The van der Waals surface area contributed by atoms with Crippen LogP contribution in [0.25, 0.3) is 0 Å². The Morgan fingerprint density at radius 3 is 2.52 bits per heavy atom. The number of carbonyl (C=O) groups excluding carboxylic acids is 1. The monoisotopic (exact) mass is 347 g/mol. The van der Waals surface area contributed by atoms with Gasteiger partial charge in [-0.15, -0.1) is 0 Å². The molecule has 1 aromatic rings. The van der Waals surface area contributed by atoms with Gasteiger partial charge in [0.25, 0.3) is 5.91 Å². The quantitative estimate of drug-likeness (QED) is 0.820. The van der Waals surface area contributed by atoms with E-state index in [0.29, 0.717) is 29.9 Å². The number of aliphatic hydroxyl groups is 1. The Labute approximate surface area is 149 Å². The Hall–Kier alpha value is -1.53. The minimum Gasteiger partial charge on any atom is -0.393 e. The summed E-state index contributed by atoms with van der Waals surface area (Å²) in [5.74, 6) is 1.28. The van der Waals surface area contributed by atoms with E-state index in [-0.39, 0.29) is 6.10 Å². The first kappa shape index (κ1) is 18.3. The Morgan fingerprint density at radius 1 is 1.20 bits per heavy atom. The van der Waals surface area contributed by atoms with Gasteiger partial charge in [-0.05, 0) is 63.2 Å². The summed E-state index contributed by atoms with van der Waals surface area (Å²) in [6, 6.07) is 0. The second-order valence-electron chi connectivity index (χ2n) is 7.63. The summed E-state index contributed by atoms with van der Waals surface area (Å²) in [7, 11) is 1.78. The lowest BCUT2D eigenvalue weighted by atomic mass is 9.85. The zero-order chi connectivity index (χ0) is 17.8. The van der Waals surface area contributed by atoms with Crippen molar-refractivity contribution in [2.24, 2.45) is 17.6 Å². The minimum absolute atomic E-state index is 0.223. The molecule has 6 nitrogen and oxygen atoms in total. The summed E-state index contributed by atoms with van der Waals surface area (Å²) in [5.41, 5.74) is 6.68. The molecule has 2 aliphatic rings. The van der Waals surface area contributed by atoms with E-state index in [2.05, 4.69) is 4.98 Å². The van der Waals surface area contributed by atoms with Gasteiger partial charge in [-0.2, -0.15) is 0 Å². The van der Waals surface area contributed by atoms with Crippen molar-refractivity contribution in [3.05, 3.63) is 23.3 Å². The third kappa shape index (κ3) is 4.76. The fourth-order valence-electron chi connectivity index (χ4n) is 4.26. The molecular formula is C19H29N3O3. The molecule has 1 amide bonds. The van der Waals surface area contributed by atoms with E-state index in [4.69, 9.17) is 15.5 Å².